The molecule has 2 fully saturated rings. The Hall–Kier alpha value is -0.610. The van der Waals surface area contributed by atoms with E-state index in [2.05, 4.69) is 12.2 Å². The van der Waals surface area contributed by atoms with Crippen LogP contribution in [0.3, 0.4) is 0 Å². The number of carbonyl (C=O) groups is 1. The van der Waals surface area contributed by atoms with Crippen LogP contribution in [0, 0.1) is 5.92 Å². The van der Waals surface area contributed by atoms with Crippen LogP contribution in [0.25, 0.3) is 0 Å². The summed E-state index contributed by atoms with van der Waals surface area (Å²) in [7, 11) is 0. The van der Waals surface area contributed by atoms with Gasteiger partial charge >= 0.3 is 0 Å². The molecular weight excluding hydrogens is 204 g/mol. The topological polar surface area (TPSA) is 64.3 Å². The zero-order valence-corrected chi connectivity index (χ0v) is 10.00. The standard InChI is InChI=1S/C12H22N2O2/c1-9-4-5-12(7-9,11(13)15)14-8-10-3-2-6-16-10/h9-10,14H,2-8H2,1H3,(H2,13,15). The van der Waals surface area contributed by atoms with Crippen LogP contribution in [0.4, 0.5) is 0 Å². The van der Waals surface area contributed by atoms with Gasteiger partial charge in [0.1, 0.15) is 0 Å². The van der Waals surface area contributed by atoms with Crippen LogP contribution in [0.15, 0.2) is 0 Å². The molecular formula is C12H22N2O2. The molecule has 2 aliphatic rings. The van der Waals surface area contributed by atoms with Crippen LogP contribution in [0.5, 0.6) is 0 Å². The number of amides is 1. The molecule has 0 aromatic heterocycles. The van der Waals surface area contributed by atoms with Gasteiger partial charge in [0.05, 0.1) is 11.6 Å². The van der Waals surface area contributed by atoms with Gasteiger partial charge < -0.3 is 15.8 Å². The van der Waals surface area contributed by atoms with Crippen LogP contribution >= 0.6 is 0 Å². The Morgan fingerprint density at radius 1 is 1.56 bits per heavy atom. The fourth-order valence-electron chi connectivity index (χ4n) is 2.88. The lowest BCUT2D eigenvalue weighted by molar-refractivity contribution is -0.124. The van der Waals surface area contributed by atoms with Gasteiger partial charge in [-0.2, -0.15) is 0 Å². The highest BCUT2D eigenvalue weighted by Crippen LogP contribution is 2.34. The molecule has 4 heteroatoms. The Bertz CT molecular complexity index is 264. The third-order valence-corrected chi connectivity index (χ3v) is 3.92. The summed E-state index contributed by atoms with van der Waals surface area (Å²) in [6.07, 6.45) is 5.32. The summed E-state index contributed by atoms with van der Waals surface area (Å²) in [5.74, 6) is 0.388. The van der Waals surface area contributed by atoms with Gasteiger partial charge in [0, 0.05) is 13.2 Å². The fourth-order valence-corrected chi connectivity index (χ4v) is 2.88. The van der Waals surface area contributed by atoms with Crippen molar-refractivity contribution in [2.24, 2.45) is 11.7 Å². The zero-order valence-electron chi connectivity index (χ0n) is 10.00. The summed E-state index contributed by atoms with van der Waals surface area (Å²) >= 11 is 0. The van der Waals surface area contributed by atoms with Crippen LogP contribution in [0.1, 0.15) is 39.0 Å². The smallest absolute Gasteiger partial charge is 0.237 e. The van der Waals surface area contributed by atoms with Gasteiger partial charge in [-0.15, -0.1) is 0 Å². The van der Waals surface area contributed by atoms with E-state index in [4.69, 9.17) is 10.5 Å². The highest BCUT2D eigenvalue weighted by Gasteiger charge is 2.42. The van der Waals surface area contributed by atoms with E-state index in [0.29, 0.717) is 5.92 Å². The van der Waals surface area contributed by atoms with Gasteiger partial charge in [-0.1, -0.05) is 6.92 Å². The van der Waals surface area contributed by atoms with Gasteiger partial charge in [0.15, 0.2) is 0 Å². The number of hydrogen-bond acceptors (Lipinski definition) is 3. The molecule has 1 saturated carbocycles. The first-order valence-corrected chi connectivity index (χ1v) is 6.29. The highest BCUT2D eigenvalue weighted by atomic mass is 16.5. The van der Waals surface area contributed by atoms with Crippen molar-refractivity contribution in [1.29, 1.82) is 0 Å². The van der Waals surface area contributed by atoms with E-state index in [-0.39, 0.29) is 12.0 Å². The number of hydrogen-bond donors (Lipinski definition) is 2. The van der Waals surface area contributed by atoms with Crippen molar-refractivity contribution >= 4 is 5.91 Å². The molecule has 0 aromatic carbocycles. The fraction of sp³-hybridized carbons (Fsp3) is 0.917. The molecule has 1 heterocycles. The Morgan fingerprint density at radius 3 is 2.88 bits per heavy atom. The lowest BCUT2D eigenvalue weighted by Crippen LogP contribution is -2.55. The summed E-state index contributed by atoms with van der Waals surface area (Å²) in [6.45, 7) is 3.79. The number of nitrogens with one attached hydrogen (secondary N) is 1. The molecule has 1 aliphatic carbocycles. The van der Waals surface area contributed by atoms with Crippen molar-refractivity contribution in [2.45, 2.75) is 50.7 Å². The Kier molecular flexibility index (Phi) is 3.50. The summed E-state index contributed by atoms with van der Waals surface area (Å²) in [4.78, 5) is 11.6. The van der Waals surface area contributed by atoms with Gasteiger partial charge in [-0.25, -0.2) is 0 Å². The number of rotatable bonds is 4. The van der Waals surface area contributed by atoms with E-state index < -0.39 is 5.54 Å². The van der Waals surface area contributed by atoms with Crippen molar-refractivity contribution in [3.05, 3.63) is 0 Å². The van der Waals surface area contributed by atoms with E-state index in [1.165, 1.54) is 0 Å². The minimum Gasteiger partial charge on any atom is -0.377 e. The maximum Gasteiger partial charge on any atom is 0.237 e. The van der Waals surface area contributed by atoms with Gasteiger partial charge in [-0.3, -0.25) is 4.79 Å². The molecule has 3 atom stereocenters. The van der Waals surface area contributed by atoms with E-state index >= 15 is 0 Å². The molecule has 4 nitrogen and oxygen atoms in total. The molecule has 3 N–H and O–H groups in total. The van der Waals surface area contributed by atoms with Crippen molar-refractivity contribution in [1.82, 2.24) is 5.32 Å². The number of ether oxygens (including phenoxy) is 1. The molecule has 1 aliphatic heterocycles. The second-order valence-electron chi connectivity index (χ2n) is 5.31. The minimum atomic E-state index is -0.467. The lowest BCUT2D eigenvalue weighted by Gasteiger charge is -2.28. The molecule has 92 valence electrons. The average Bonchev–Trinajstić information content (AvgIpc) is 2.84. The highest BCUT2D eigenvalue weighted by molar-refractivity contribution is 5.85. The van der Waals surface area contributed by atoms with Gasteiger partial charge in [-0.05, 0) is 38.0 Å². The monoisotopic (exact) mass is 226 g/mol. The summed E-state index contributed by atoms with van der Waals surface area (Å²) in [5, 5.41) is 3.37. The minimum absolute atomic E-state index is 0.199. The van der Waals surface area contributed by atoms with Crippen molar-refractivity contribution in [2.75, 3.05) is 13.2 Å². The molecule has 16 heavy (non-hydrogen) atoms. The number of carbonyl (C=O) groups excluding carboxylic acids is 1. The molecule has 0 radical (unpaired) electrons. The third kappa shape index (κ3) is 2.38. The van der Waals surface area contributed by atoms with Crippen molar-refractivity contribution in [3.8, 4) is 0 Å². The molecule has 3 unspecified atom stereocenters. The first kappa shape index (κ1) is 11.9. The van der Waals surface area contributed by atoms with Crippen LogP contribution in [0.2, 0.25) is 0 Å². The van der Waals surface area contributed by atoms with Crippen molar-refractivity contribution < 1.29 is 9.53 Å². The van der Waals surface area contributed by atoms with Crippen LogP contribution < -0.4 is 11.1 Å². The molecule has 1 saturated heterocycles. The van der Waals surface area contributed by atoms with Crippen LogP contribution in [-0.2, 0) is 9.53 Å². The van der Waals surface area contributed by atoms with Gasteiger partial charge in [0.2, 0.25) is 5.91 Å². The largest absolute Gasteiger partial charge is 0.377 e. The zero-order chi connectivity index (χ0) is 11.6. The Labute approximate surface area is 96.9 Å². The molecule has 0 bridgehead atoms. The average molecular weight is 226 g/mol. The lowest BCUT2D eigenvalue weighted by atomic mass is 9.95. The Morgan fingerprint density at radius 2 is 2.38 bits per heavy atom. The SMILES string of the molecule is CC1CCC(NCC2CCCO2)(C(N)=O)C1. The molecule has 1 amide bonds. The summed E-state index contributed by atoms with van der Waals surface area (Å²) in [5.41, 5.74) is 5.07. The maximum absolute atomic E-state index is 11.6. The van der Waals surface area contributed by atoms with E-state index in [1.807, 2.05) is 0 Å². The van der Waals surface area contributed by atoms with E-state index in [9.17, 15) is 4.79 Å². The first-order chi connectivity index (χ1) is 7.62. The van der Waals surface area contributed by atoms with Crippen molar-refractivity contribution in [3.63, 3.8) is 0 Å². The molecule has 2 rings (SSSR count). The van der Waals surface area contributed by atoms with Gasteiger partial charge in [0.25, 0.3) is 0 Å². The molecule has 0 spiro atoms. The first-order valence-electron chi connectivity index (χ1n) is 6.29. The molecule has 0 aromatic rings. The Balaban J connectivity index is 1.90. The van der Waals surface area contributed by atoms with E-state index in [0.717, 1.165) is 45.3 Å². The summed E-state index contributed by atoms with van der Waals surface area (Å²) in [6, 6.07) is 0. The van der Waals surface area contributed by atoms with Crippen LogP contribution in [-0.4, -0.2) is 30.7 Å². The second-order valence-corrected chi connectivity index (χ2v) is 5.31. The third-order valence-electron chi connectivity index (χ3n) is 3.92. The number of nitrogens with two attached hydrogens (primary N) is 1. The normalized spacial score (nSPS) is 39.1. The maximum atomic E-state index is 11.6. The summed E-state index contributed by atoms with van der Waals surface area (Å²) < 4.78 is 5.55. The quantitative estimate of drug-likeness (QED) is 0.745. The second kappa shape index (κ2) is 4.72. The predicted octanol–water partition coefficient (Wildman–Crippen LogP) is 0.799. The number of primary amides is 1. The van der Waals surface area contributed by atoms with E-state index in [1.54, 1.807) is 0 Å². The predicted molar refractivity (Wildman–Crippen MR) is 61.9 cm³/mol.